The van der Waals surface area contributed by atoms with Gasteiger partial charge in [0, 0.05) is 13.1 Å². The van der Waals surface area contributed by atoms with Crippen molar-refractivity contribution in [2.75, 3.05) is 11.4 Å². The Morgan fingerprint density at radius 3 is 2.57 bits per heavy atom. The van der Waals surface area contributed by atoms with E-state index in [-0.39, 0.29) is 17.4 Å². The first-order valence-corrected chi connectivity index (χ1v) is 9.23. The third kappa shape index (κ3) is 3.51. The van der Waals surface area contributed by atoms with Gasteiger partial charge in [0.15, 0.2) is 0 Å². The maximum absolute atomic E-state index is 11.8. The standard InChI is InChI=1S/C21H20N4O3/c1-2-15-7-9-18(10-8-15)28-21-19(25(26)27)20(22-14-23-21)24-12-11-16-5-3-4-6-17(16)13-24/h3-10,14H,2,11-13H2,1H3. The van der Waals surface area contributed by atoms with Crippen LogP contribution in [0.3, 0.4) is 0 Å². The summed E-state index contributed by atoms with van der Waals surface area (Å²) in [6.07, 6.45) is 3.04. The van der Waals surface area contributed by atoms with Gasteiger partial charge in [-0.2, -0.15) is 4.98 Å². The molecule has 2 aromatic carbocycles. The second-order valence-corrected chi connectivity index (χ2v) is 6.65. The maximum Gasteiger partial charge on any atom is 0.373 e. The van der Waals surface area contributed by atoms with Crippen LogP contribution in [0.4, 0.5) is 11.5 Å². The molecule has 7 nitrogen and oxygen atoms in total. The zero-order chi connectivity index (χ0) is 19.5. The molecule has 0 aliphatic carbocycles. The highest BCUT2D eigenvalue weighted by Crippen LogP contribution is 2.37. The van der Waals surface area contributed by atoms with E-state index in [0.29, 0.717) is 18.8 Å². The Morgan fingerprint density at radius 2 is 1.86 bits per heavy atom. The molecule has 0 saturated carbocycles. The molecule has 3 aromatic rings. The van der Waals surface area contributed by atoms with E-state index in [1.807, 2.05) is 35.2 Å². The molecule has 0 saturated heterocycles. The van der Waals surface area contributed by atoms with E-state index in [1.165, 1.54) is 11.9 Å². The fourth-order valence-electron chi connectivity index (χ4n) is 3.40. The van der Waals surface area contributed by atoms with Crippen molar-refractivity contribution in [3.05, 3.63) is 81.7 Å². The smallest absolute Gasteiger partial charge is 0.373 e. The average Bonchev–Trinajstić information content (AvgIpc) is 2.73. The summed E-state index contributed by atoms with van der Waals surface area (Å²) in [5, 5.41) is 11.8. The van der Waals surface area contributed by atoms with Crippen molar-refractivity contribution < 1.29 is 9.66 Å². The third-order valence-electron chi connectivity index (χ3n) is 4.93. The minimum Gasteiger partial charge on any atom is -0.434 e. The van der Waals surface area contributed by atoms with E-state index in [0.717, 1.165) is 24.0 Å². The number of fused-ring (bicyclic) bond motifs is 1. The van der Waals surface area contributed by atoms with E-state index < -0.39 is 4.92 Å². The summed E-state index contributed by atoms with van der Waals surface area (Å²) in [6, 6.07) is 15.6. The van der Waals surface area contributed by atoms with Crippen LogP contribution in [0, 0.1) is 10.1 Å². The number of hydrogen-bond acceptors (Lipinski definition) is 6. The Hall–Kier alpha value is -3.48. The third-order valence-corrected chi connectivity index (χ3v) is 4.93. The second-order valence-electron chi connectivity index (χ2n) is 6.65. The SMILES string of the molecule is CCc1ccc(Oc2ncnc(N3CCc4ccccc4C3)c2[N+](=O)[O-])cc1. The fraction of sp³-hybridized carbons (Fsp3) is 0.238. The highest BCUT2D eigenvalue weighted by atomic mass is 16.6. The number of ether oxygens (including phenoxy) is 1. The molecule has 0 unspecified atom stereocenters. The van der Waals surface area contributed by atoms with Gasteiger partial charge in [-0.1, -0.05) is 43.3 Å². The summed E-state index contributed by atoms with van der Waals surface area (Å²) in [5.41, 5.74) is 3.38. The predicted molar refractivity (Wildman–Crippen MR) is 106 cm³/mol. The summed E-state index contributed by atoms with van der Waals surface area (Å²) in [6.45, 7) is 3.28. The Morgan fingerprint density at radius 1 is 1.11 bits per heavy atom. The van der Waals surface area contributed by atoms with Crippen LogP contribution in [-0.4, -0.2) is 21.4 Å². The van der Waals surface area contributed by atoms with Crippen LogP contribution in [-0.2, 0) is 19.4 Å². The Bertz CT molecular complexity index is 1000. The van der Waals surface area contributed by atoms with Gasteiger partial charge in [-0.3, -0.25) is 10.1 Å². The molecule has 0 N–H and O–H groups in total. The molecule has 1 aliphatic heterocycles. The minimum absolute atomic E-state index is 0.0434. The topological polar surface area (TPSA) is 81.4 Å². The molecular weight excluding hydrogens is 356 g/mol. The number of anilines is 1. The van der Waals surface area contributed by atoms with Gasteiger partial charge in [0.2, 0.25) is 5.82 Å². The van der Waals surface area contributed by atoms with Gasteiger partial charge >= 0.3 is 11.6 Å². The van der Waals surface area contributed by atoms with Crippen LogP contribution in [0.15, 0.2) is 54.9 Å². The molecule has 0 atom stereocenters. The summed E-state index contributed by atoms with van der Waals surface area (Å²) in [7, 11) is 0. The van der Waals surface area contributed by atoms with Crippen molar-refractivity contribution in [2.45, 2.75) is 26.3 Å². The first kappa shape index (κ1) is 17.9. The van der Waals surface area contributed by atoms with Crippen LogP contribution in [0.1, 0.15) is 23.6 Å². The van der Waals surface area contributed by atoms with Gasteiger partial charge < -0.3 is 9.64 Å². The minimum atomic E-state index is -0.467. The van der Waals surface area contributed by atoms with Gasteiger partial charge in [-0.05, 0) is 41.7 Å². The van der Waals surface area contributed by atoms with Crippen molar-refractivity contribution in [2.24, 2.45) is 0 Å². The Labute approximate surface area is 162 Å². The van der Waals surface area contributed by atoms with Crippen LogP contribution >= 0.6 is 0 Å². The van der Waals surface area contributed by atoms with E-state index in [9.17, 15) is 10.1 Å². The molecule has 28 heavy (non-hydrogen) atoms. The summed E-state index contributed by atoms with van der Waals surface area (Å²) >= 11 is 0. The molecule has 2 heterocycles. The molecule has 7 heteroatoms. The largest absolute Gasteiger partial charge is 0.434 e. The van der Waals surface area contributed by atoms with Crippen molar-refractivity contribution in [1.29, 1.82) is 0 Å². The van der Waals surface area contributed by atoms with Gasteiger partial charge in [0.05, 0.1) is 4.92 Å². The Balaban J connectivity index is 1.67. The monoisotopic (exact) mass is 376 g/mol. The lowest BCUT2D eigenvalue weighted by molar-refractivity contribution is -0.385. The first-order valence-electron chi connectivity index (χ1n) is 9.23. The van der Waals surface area contributed by atoms with Crippen LogP contribution in [0.2, 0.25) is 0 Å². The van der Waals surface area contributed by atoms with E-state index in [1.54, 1.807) is 12.1 Å². The molecule has 0 spiro atoms. The molecule has 1 aromatic heterocycles. The first-order chi connectivity index (χ1) is 13.7. The fourth-order valence-corrected chi connectivity index (χ4v) is 3.40. The zero-order valence-electron chi connectivity index (χ0n) is 15.5. The number of nitro groups is 1. The summed E-state index contributed by atoms with van der Waals surface area (Å²) < 4.78 is 5.75. The highest BCUT2D eigenvalue weighted by molar-refractivity contribution is 5.64. The lowest BCUT2D eigenvalue weighted by Gasteiger charge is -2.29. The van der Waals surface area contributed by atoms with E-state index >= 15 is 0 Å². The van der Waals surface area contributed by atoms with Gasteiger partial charge in [-0.25, -0.2) is 4.98 Å². The zero-order valence-corrected chi connectivity index (χ0v) is 15.5. The molecular formula is C21H20N4O3. The quantitative estimate of drug-likeness (QED) is 0.488. The average molecular weight is 376 g/mol. The summed E-state index contributed by atoms with van der Waals surface area (Å²) in [5.74, 6) is 0.752. The lowest BCUT2D eigenvalue weighted by atomic mass is 10.00. The molecule has 0 radical (unpaired) electrons. The van der Waals surface area contributed by atoms with E-state index in [4.69, 9.17) is 4.74 Å². The number of aryl methyl sites for hydroxylation is 1. The lowest BCUT2D eigenvalue weighted by Crippen LogP contribution is -2.31. The second kappa shape index (κ2) is 7.64. The normalized spacial score (nSPS) is 13.1. The van der Waals surface area contributed by atoms with Crippen molar-refractivity contribution in [1.82, 2.24) is 9.97 Å². The Kier molecular flexibility index (Phi) is 4.89. The molecule has 0 bridgehead atoms. The number of benzene rings is 2. The van der Waals surface area contributed by atoms with Crippen molar-refractivity contribution >= 4 is 11.5 Å². The number of nitrogens with zero attached hydrogens (tertiary/aromatic N) is 4. The van der Waals surface area contributed by atoms with Crippen LogP contribution in [0.25, 0.3) is 0 Å². The van der Waals surface area contributed by atoms with Gasteiger partial charge in [0.25, 0.3) is 0 Å². The van der Waals surface area contributed by atoms with Gasteiger partial charge in [-0.15, -0.1) is 0 Å². The van der Waals surface area contributed by atoms with Crippen LogP contribution in [0.5, 0.6) is 11.6 Å². The maximum atomic E-state index is 11.8. The number of hydrogen-bond donors (Lipinski definition) is 0. The molecule has 0 fully saturated rings. The van der Waals surface area contributed by atoms with Crippen LogP contribution < -0.4 is 9.64 Å². The molecule has 1 aliphatic rings. The van der Waals surface area contributed by atoms with Crippen molar-refractivity contribution in [3.63, 3.8) is 0 Å². The molecule has 0 amide bonds. The van der Waals surface area contributed by atoms with Crippen molar-refractivity contribution in [3.8, 4) is 11.6 Å². The number of aromatic nitrogens is 2. The van der Waals surface area contributed by atoms with E-state index in [2.05, 4.69) is 23.0 Å². The predicted octanol–water partition coefficient (Wildman–Crippen LogP) is 4.30. The highest BCUT2D eigenvalue weighted by Gasteiger charge is 2.30. The van der Waals surface area contributed by atoms with Gasteiger partial charge in [0.1, 0.15) is 12.1 Å². The molecule has 142 valence electrons. The number of rotatable bonds is 5. The molecule has 4 rings (SSSR count). The summed E-state index contributed by atoms with van der Waals surface area (Å²) in [4.78, 5) is 21.5.